The summed E-state index contributed by atoms with van der Waals surface area (Å²) in [7, 11) is -2.89. The van der Waals surface area contributed by atoms with Crippen molar-refractivity contribution in [2.45, 2.75) is 0 Å². The molecule has 240 valence electrons. The molecule has 10 rings (SSSR count). The summed E-state index contributed by atoms with van der Waals surface area (Å²) in [4.78, 5) is 9.71. The SMILES string of the molecule is c1ccc([Si](c2ccccc2)(c2cccc(-c3ccccn3)c2)c2ccc3c4ccc5c6ccccc6sc5c4n(-c4ccccn4)c3c2)cc1. The molecule has 0 atom stereocenters. The van der Waals surface area contributed by atoms with Gasteiger partial charge in [-0.1, -0.05) is 140 Å². The maximum Gasteiger partial charge on any atom is 0.179 e. The highest BCUT2D eigenvalue weighted by molar-refractivity contribution is 7.26. The van der Waals surface area contributed by atoms with Crippen LogP contribution in [0.3, 0.4) is 0 Å². The lowest BCUT2D eigenvalue weighted by Gasteiger charge is -2.34. The van der Waals surface area contributed by atoms with Gasteiger partial charge in [0.2, 0.25) is 0 Å². The van der Waals surface area contributed by atoms with Crippen molar-refractivity contribution in [3.05, 3.63) is 188 Å². The Morgan fingerprint density at radius 1 is 0.451 bits per heavy atom. The Morgan fingerprint density at radius 2 is 1.10 bits per heavy atom. The number of nitrogens with zero attached hydrogens (tertiary/aromatic N) is 3. The van der Waals surface area contributed by atoms with E-state index in [-0.39, 0.29) is 0 Å². The molecule has 4 heterocycles. The van der Waals surface area contributed by atoms with Gasteiger partial charge in [-0.3, -0.25) is 9.55 Å². The van der Waals surface area contributed by atoms with E-state index in [0.29, 0.717) is 0 Å². The van der Waals surface area contributed by atoms with E-state index in [4.69, 9.17) is 9.97 Å². The fraction of sp³-hybridized carbons (Fsp3) is 0. The molecule has 5 heteroatoms. The number of hydrogen-bond acceptors (Lipinski definition) is 3. The Balaban J connectivity index is 1.35. The molecule has 10 aromatic rings. The fourth-order valence-electron chi connectivity index (χ4n) is 8.06. The van der Waals surface area contributed by atoms with Gasteiger partial charge in [0.1, 0.15) is 5.82 Å². The average Bonchev–Trinajstić information content (AvgIpc) is 3.76. The third-order valence-corrected chi connectivity index (χ3v) is 16.2. The lowest BCUT2D eigenvalue weighted by Crippen LogP contribution is -2.74. The zero-order valence-electron chi connectivity index (χ0n) is 27.6. The molecule has 0 saturated heterocycles. The molecule has 4 aromatic heterocycles. The van der Waals surface area contributed by atoms with E-state index >= 15 is 0 Å². The Morgan fingerprint density at radius 3 is 1.84 bits per heavy atom. The quantitative estimate of drug-likeness (QED) is 0.129. The van der Waals surface area contributed by atoms with Crippen molar-refractivity contribution < 1.29 is 0 Å². The summed E-state index contributed by atoms with van der Waals surface area (Å²) in [5.74, 6) is 0.920. The lowest BCUT2D eigenvalue weighted by molar-refractivity contribution is 1.09. The van der Waals surface area contributed by atoms with Crippen molar-refractivity contribution in [2.24, 2.45) is 0 Å². The summed E-state index contributed by atoms with van der Waals surface area (Å²) in [6.07, 6.45) is 3.77. The van der Waals surface area contributed by atoms with Gasteiger partial charge >= 0.3 is 0 Å². The zero-order chi connectivity index (χ0) is 33.8. The Labute approximate surface area is 300 Å². The van der Waals surface area contributed by atoms with Crippen molar-refractivity contribution in [3.63, 3.8) is 0 Å². The molecular formula is C46H31N3SSi. The minimum atomic E-state index is -2.89. The first kappa shape index (κ1) is 29.7. The van der Waals surface area contributed by atoms with Crippen LogP contribution in [0.2, 0.25) is 0 Å². The summed E-state index contributed by atoms with van der Waals surface area (Å²) >= 11 is 1.87. The zero-order valence-corrected chi connectivity index (χ0v) is 29.5. The second-order valence-electron chi connectivity index (χ2n) is 13.0. The van der Waals surface area contributed by atoms with E-state index in [1.54, 1.807) is 0 Å². The Kier molecular flexibility index (Phi) is 7.01. The number of aromatic nitrogens is 3. The normalized spacial score (nSPS) is 11.9. The average molecular weight is 686 g/mol. The molecule has 0 spiro atoms. The summed E-state index contributed by atoms with van der Waals surface area (Å²) in [5, 5.41) is 10.3. The topological polar surface area (TPSA) is 30.7 Å². The van der Waals surface area contributed by atoms with Gasteiger partial charge in [-0.25, -0.2) is 4.98 Å². The molecular weight excluding hydrogens is 655 g/mol. The van der Waals surface area contributed by atoms with Crippen LogP contribution in [0, 0.1) is 0 Å². The number of pyridine rings is 2. The van der Waals surface area contributed by atoms with Crippen LogP contribution >= 0.6 is 11.3 Å². The number of benzene rings is 6. The van der Waals surface area contributed by atoms with Crippen LogP contribution in [-0.2, 0) is 0 Å². The Bertz CT molecular complexity index is 2810. The van der Waals surface area contributed by atoms with Gasteiger partial charge in [-0.15, -0.1) is 11.3 Å². The van der Waals surface area contributed by atoms with Gasteiger partial charge in [0.05, 0.1) is 21.4 Å². The molecule has 51 heavy (non-hydrogen) atoms. The van der Waals surface area contributed by atoms with Gasteiger partial charge in [0, 0.05) is 44.2 Å². The number of hydrogen-bond donors (Lipinski definition) is 0. The van der Waals surface area contributed by atoms with E-state index in [1.807, 2.05) is 35.9 Å². The van der Waals surface area contributed by atoms with Crippen molar-refractivity contribution >= 4 is 82.1 Å². The molecule has 0 fully saturated rings. The third kappa shape index (κ3) is 4.63. The lowest BCUT2D eigenvalue weighted by atomic mass is 10.1. The smallest absolute Gasteiger partial charge is 0.179 e. The molecule has 6 aromatic carbocycles. The summed E-state index contributed by atoms with van der Waals surface area (Å²) < 4.78 is 4.99. The second kappa shape index (κ2) is 12.0. The summed E-state index contributed by atoms with van der Waals surface area (Å²) in [5.41, 5.74) is 4.47. The highest BCUT2D eigenvalue weighted by Crippen LogP contribution is 2.42. The second-order valence-corrected chi connectivity index (χ2v) is 17.8. The third-order valence-electron chi connectivity index (χ3n) is 10.3. The molecule has 3 nitrogen and oxygen atoms in total. The van der Waals surface area contributed by atoms with Crippen LogP contribution in [0.1, 0.15) is 0 Å². The molecule has 0 N–H and O–H groups in total. The first-order chi connectivity index (χ1) is 25.3. The Hall–Kier alpha value is -6.14. The minimum Gasteiger partial charge on any atom is -0.292 e. The van der Waals surface area contributed by atoms with Crippen LogP contribution in [0.25, 0.3) is 59.1 Å². The number of thiophene rings is 1. The molecule has 0 bridgehead atoms. The van der Waals surface area contributed by atoms with Crippen molar-refractivity contribution in [3.8, 4) is 17.1 Å². The predicted molar refractivity (Wildman–Crippen MR) is 218 cm³/mol. The molecule has 0 aliphatic rings. The fourth-order valence-corrected chi connectivity index (χ4v) is 14.1. The molecule has 0 aliphatic carbocycles. The van der Waals surface area contributed by atoms with Gasteiger partial charge < -0.3 is 0 Å². The van der Waals surface area contributed by atoms with Gasteiger partial charge in [-0.2, -0.15) is 0 Å². The molecule has 0 amide bonds. The highest BCUT2D eigenvalue weighted by atomic mass is 32.1. The van der Waals surface area contributed by atoms with Crippen LogP contribution < -0.4 is 20.7 Å². The standard InChI is InChI=1S/C46H31N3SSi/c1-3-15-33(16-4-1)51(34-17-5-2-6-18-34,35-19-13-14-32(30-35)41-21-9-11-28-47-41)36-24-25-37-39-26-27-40-38-20-7-8-22-43(38)50-46(40)45(39)49(42(37)31-36)44-23-10-12-29-48-44/h1-31H. The van der Waals surface area contributed by atoms with Crippen molar-refractivity contribution in [1.82, 2.24) is 14.5 Å². The maximum absolute atomic E-state index is 4.97. The maximum atomic E-state index is 4.97. The summed E-state index contributed by atoms with van der Waals surface area (Å²) in [6.45, 7) is 0. The highest BCUT2D eigenvalue weighted by Gasteiger charge is 2.42. The van der Waals surface area contributed by atoms with E-state index in [0.717, 1.165) is 22.6 Å². The predicted octanol–water partition coefficient (Wildman–Crippen LogP) is 8.99. The molecule has 0 aliphatic heterocycles. The molecule has 0 unspecified atom stereocenters. The number of rotatable bonds is 6. The van der Waals surface area contributed by atoms with E-state index in [9.17, 15) is 0 Å². The van der Waals surface area contributed by atoms with E-state index in [2.05, 4.69) is 168 Å². The molecule has 0 saturated carbocycles. The monoisotopic (exact) mass is 685 g/mol. The van der Waals surface area contributed by atoms with Crippen molar-refractivity contribution in [1.29, 1.82) is 0 Å². The van der Waals surface area contributed by atoms with Gasteiger partial charge in [0.25, 0.3) is 0 Å². The van der Waals surface area contributed by atoms with Crippen LogP contribution in [0.4, 0.5) is 0 Å². The van der Waals surface area contributed by atoms with E-state index in [1.165, 1.54) is 57.2 Å². The van der Waals surface area contributed by atoms with Crippen molar-refractivity contribution in [2.75, 3.05) is 0 Å². The first-order valence-corrected chi connectivity index (χ1v) is 20.1. The van der Waals surface area contributed by atoms with Crippen LogP contribution in [0.5, 0.6) is 0 Å². The first-order valence-electron chi connectivity index (χ1n) is 17.2. The van der Waals surface area contributed by atoms with Crippen LogP contribution in [0.15, 0.2) is 188 Å². The van der Waals surface area contributed by atoms with Crippen LogP contribution in [-0.4, -0.2) is 22.6 Å². The number of fused-ring (bicyclic) bond motifs is 7. The largest absolute Gasteiger partial charge is 0.292 e. The summed E-state index contributed by atoms with van der Waals surface area (Å²) in [6, 6.07) is 64.3. The van der Waals surface area contributed by atoms with E-state index < -0.39 is 8.07 Å². The minimum absolute atomic E-state index is 0.920. The molecule has 0 radical (unpaired) electrons. The van der Waals surface area contributed by atoms with Gasteiger partial charge in [-0.05, 0) is 57.1 Å². The van der Waals surface area contributed by atoms with Gasteiger partial charge in [0.15, 0.2) is 8.07 Å².